The van der Waals surface area contributed by atoms with Gasteiger partial charge in [-0.05, 0) is 38.8 Å². The second kappa shape index (κ2) is 6.13. The van der Waals surface area contributed by atoms with Gasteiger partial charge in [-0.25, -0.2) is 9.69 Å². The molecule has 1 saturated heterocycles. The van der Waals surface area contributed by atoms with E-state index in [1.54, 1.807) is 0 Å². The standard InChI is InChI=1S/C20H25N3O3/c1-4-16-15(14-7-5-6-8-17(14)26-16)11-22(3)12-23-18(24)20(2,13-9-10-13)21-19(23)25/h5-8,13H,4,9-12H2,1-3H3,(H,21,25)/t20-/m1/s1. The van der Waals surface area contributed by atoms with Crippen molar-refractivity contribution in [2.24, 2.45) is 5.92 Å². The SMILES string of the molecule is CCc1oc2ccccc2c1CN(C)CN1C(=O)N[C@](C)(C2CC2)C1=O. The minimum Gasteiger partial charge on any atom is -0.461 e. The largest absolute Gasteiger partial charge is 0.461 e. The maximum Gasteiger partial charge on any atom is 0.326 e. The van der Waals surface area contributed by atoms with Gasteiger partial charge in [0.25, 0.3) is 5.91 Å². The fraction of sp³-hybridized carbons (Fsp3) is 0.500. The van der Waals surface area contributed by atoms with E-state index in [-0.39, 0.29) is 24.5 Å². The molecule has 1 atom stereocenters. The van der Waals surface area contributed by atoms with Crippen LogP contribution in [0.5, 0.6) is 0 Å². The number of hydrogen-bond donors (Lipinski definition) is 1. The Morgan fingerprint density at radius 1 is 1.31 bits per heavy atom. The zero-order chi connectivity index (χ0) is 18.5. The average molecular weight is 355 g/mol. The van der Waals surface area contributed by atoms with Crippen molar-refractivity contribution in [1.82, 2.24) is 15.1 Å². The van der Waals surface area contributed by atoms with Gasteiger partial charge in [0.05, 0.1) is 6.67 Å². The third-order valence-electron chi connectivity index (χ3n) is 5.61. The second-order valence-electron chi connectivity index (χ2n) is 7.65. The molecule has 1 aromatic heterocycles. The Morgan fingerprint density at radius 3 is 2.73 bits per heavy atom. The number of urea groups is 1. The number of carbonyl (C=O) groups is 2. The van der Waals surface area contributed by atoms with Gasteiger partial charge in [-0.2, -0.15) is 0 Å². The minimum atomic E-state index is -0.727. The number of hydrogen-bond acceptors (Lipinski definition) is 4. The van der Waals surface area contributed by atoms with Crippen molar-refractivity contribution in [3.8, 4) is 0 Å². The Bertz CT molecular complexity index is 870. The first kappa shape index (κ1) is 17.1. The zero-order valence-electron chi connectivity index (χ0n) is 15.5. The Kier molecular flexibility index (Phi) is 4.03. The smallest absolute Gasteiger partial charge is 0.326 e. The lowest BCUT2D eigenvalue weighted by Crippen LogP contribution is -2.46. The number of furan rings is 1. The molecule has 2 fully saturated rings. The lowest BCUT2D eigenvalue weighted by atomic mass is 9.96. The molecule has 3 amide bonds. The van der Waals surface area contributed by atoms with E-state index in [9.17, 15) is 9.59 Å². The maximum absolute atomic E-state index is 12.8. The number of nitrogens with one attached hydrogen (secondary N) is 1. The van der Waals surface area contributed by atoms with E-state index in [4.69, 9.17) is 4.42 Å². The fourth-order valence-corrected chi connectivity index (χ4v) is 3.95. The molecule has 1 aromatic carbocycles. The summed E-state index contributed by atoms with van der Waals surface area (Å²) in [5.74, 6) is 1.13. The molecule has 2 aromatic rings. The predicted molar refractivity (Wildman–Crippen MR) is 98.4 cm³/mol. The lowest BCUT2D eigenvalue weighted by Gasteiger charge is -2.24. The first-order valence-corrected chi connectivity index (χ1v) is 9.26. The number of aryl methyl sites for hydroxylation is 1. The molecule has 0 unspecified atom stereocenters. The van der Waals surface area contributed by atoms with Crippen LogP contribution in [0.2, 0.25) is 0 Å². The second-order valence-corrected chi connectivity index (χ2v) is 7.65. The van der Waals surface area contributed by atoms with Crippen molar-refractivity contribution >= 4 is 22.9 Å². The first-order valence-electron chi connectivity index (χ1n) is 9.26. The summed E-state index contributed by atoms with van der Waals surface area (Å²) in [6, 6.07) is 7.70. The summed E-state index contributed by atoms with van der Waals surface area (Å²) in [5.41, 5.74) is 1.28. The van der Waals surface area contributed by atoms with Crippen molar-refractivity contribution in [3.05, 3.63) is 35.6 Å². The van der Waals surface area contributed by atoms with E-state index in [1.807, 2.05) is 37.1 Å². The third kappa shape index (κ3) is 2.69. The van der Waals surface area contributed by atoms with Gasteiger partial charge in [0.1, 0.15) is 16.9 Å². The molecule has 2 heterocycles. The normalized spacial score (nSPS) is 23.3. The number of nitrogens with zero attached hydrogens (tertiary/aromatic N) is 2. The summed E-state index contributed by atoms with van der Waals surface area (Å²) >= 11 is 0. The van der Waals surface area contributed by atoms with Crippen molar-refractivity contribution < 1.29 is 14.0 Å². The van der Waals surface area contributed by atoms with Crippen LogP contribution in [0.3, 0.4) is 0 Å². The molecule has 1 saturated carbocycles. The van der Waals surface area contributed by atoms with Crippen LogP contribution in [0.1, 0.15) is 38.0 Å². The molecular formula is C20H25N3O3. The number of carbonyl (C=O) groups excluding carboxylic acids is 2. The lowest BCUT2D eigenvalue weighted by molar-refractivity contribution is -0.132. The van der Waals surface area contributed by atoms with Crippen LogP contribution in [0.25, 0.3) is 11.0 Å². The van der Waals surface area contributed by atoms with E-state index >= 15 is 0 Å². The van der Waals surface area contributed by atoms with Crippen molar-refractivity contribution in [2.75, 3.05) is 13.7 Å². The molecule has 6 heteroatoms. The number of benzene rings is 1. The van der Waals surface area contributed by atoms with Crippen molar-refractivity contribution in [1.29, 1.82) is 0 Å². The molecule has 6 nitrogen and oxygen atoms in total. The van der Waals surface area contributed by atoms with Crippen LogP contribution in [0, 0.1) is 5.92 Å². The number of rotatable bonds is 6. The number of imide groups is 1. The Labute approximate surface area is 153 Å². The van der Waals surface area contributed by atoms with Crippen LogP contribution >= 0.6 is 0 Å². The quantitative estimate of drug-likeness (QED) is 0.809. The molecule has 138 valence electrons. The van der Waals surface area contributed by atoms with Gasteiger partial charge < -0.3 is 9.73 Å². The van der Waals surface area contributed by atoms with Crippen molar-refractivity contribution in [2.45, 2.75) is 45.2 Å². The van der Waals surface area contributed by atoms with Gasteiger partial charge in [0.15, 0.2) is 0 Å². The molecule has 0 spiro atoms. The molecule has 4 rings (SSSR count). The molecule has 1 aliphatic carbocycles. The summed E-state index contributed by atoms with van der Waals surface area (Å²) in [4.78, 5) is 28.5. The number of para-hydroxylation sites is 1. The topological polar surface area (TPSA) is 65.8 Å². The Morgan fingerprint density at radius 2 is 2.04 bits per heavy atom. The van der Waals surface area contributed by atoms with E-state index < -0.39 is 5.54 Å². The van der Waals surface area contributed by atoms with E-state index in [0.717, 1.165) is 41.6 Å². The molecular weight excluding hydrogens is 330 g/mol. The van der Waals surface area contributed by atoms with Gasteiger partial charge in [0.2, 0.25) is 0 Å². The summed E-state index contributed by atoms with van der Waals surface area (Å²) in [5, 5.41) is 3.99. The third-order valence-corrected chi connectivity index (χ3v) is 5.61. The zero-order valence-corrected chi connectivity index (χ0v) is 15.5. The van der Waals surface area contributed by atoms with E-state index in [1.165, 1.54) is 4.90 Å². The molecule has 0 radical (unpaired) electrons. The monoisotopic (exact) mass is 355 g/mol. The van der Waals surface area contributed by atoms with E-state index in [0.29, 0.717) is 6.54 Å². The van der Waals surface area contributed by atoms with Gasteiger partial charge in [-0.1, -0.05) is 25.1 Å². The molecule has 2 aliphatic rings. The molecule has 1 aliphatic heterocycles. The van der Waals surface area contributed by atoms with Crippen LogP contribution in [-0.4, -0.2) is 41.0 Å². The maximum atomic E-state index is 12.8. The van der Waals surface area contributed by atoms with Crippen LogP contribution in [0.4, 0.5) is 4.79 Å². The Balaban J connectivity index is 1.52. The summed E-state index contributed by atoms with van der Waals surface area (Å²) in [7, 11) is 1.93. The highest BCUT2D eigenvalue weighted by Crippen LogP contribution is 2.42. The fourth-order valence-electron chi connectivity index (χ4n) is 3.95. The summed E-state index contributed by atoms with van der Waals surface area (Å²) in [6.07, 6.45) is 2.82. The van der Waals surface area contributed by atoms with Crippen LogP contribution in [-0.2, 0) is 17.8 Å². The predicted octanol–water partition coefficient (Wildman–Crippen LogP) is 3.11. The minimum absolute atomic E-state index is 0.107. The van der Waals surface area contributed by atoms with Gasteiger partial charge >= 0.3 is 6.03 Å². The summed E-state index contributed by atoms with van der Waals surface area (Å²) < 4.78 is 5.95. The summed E-state index contributed by atoms with van der Waals surface area (Å²) in [6.45, 7) is 4.82. The van der Waals surface area contributed by atoms with Gasteiger partial charge in [-0.15, -0.1) is 0 Å². The highest BCUT2D eigenvalue weighted by atomic mass is 16.3. The van der Waals surface area contributed by atoms with Crippen molar-refractivity contribution in [3.63, 3.8) is 0 Å². The number of amides is 3. The van der Waals surface area contributed by atoms with Gasteiger partial charge in [-0.3, -0.25) is 9.69 Å². The highest BCUT2D eigenvalue weighted by molar-refractivity contribution is 6.07. The number of fused-ring (bicyclic) bond motifs is 1. The van der Waals surface area contributed by atoms with Crippen LogP contribution in [0.15, 0.2) is 28.7 Å². The molecule has 1 N–H and O–H groups in total. The van der Waals surface area contributed by atoms with E-state index in [2.05, 4.69) is 18.3 Å². The van der Waals surface area contributed by atoms with Gasteiger partial charge in [0, 0.05) is 23.9 Å². The molecule has 26 heavy (non-hydrogen) atoms. The first-order chi connectivity index (χ1) is 12.4. The highest BCUT2D eigenvalue weighted by Gasteiger charge is 2.56. The Hall–Kier alpha value is -2.34. The molecule has 0 bridgehead atoms. The van der Waals surface area contributed by atoms with Crippen LogP contribution < -0.4 is 5.32 Å². The average Bonchev–Trinajstić information content (AvgIpc) is 3.39.